The fourth-order valence-electron chi connectivity index (χ4n) is 3.02. The van der Waals surface area contributed by atoms with Crippen molar-refractivity contribution in [1.82, 2.24) is 15.1 Å². The van der Waals surface area contributed by atoms with Crippen LogP contribution in [0, 0.1) is 0 Å². The van der Waals surface area contributed by atoms with Gasteiger partial charge in [0, 0.05) is 23.0 Å². The van der Waals surface area contributed by atoms with Gasteiger partial charge in [-0.05, 0) is 24.6 Å². The number of hydrogen-bond acceptors (Lipinski definition) is 6. The highest BCUT2D eigenvalue weighted by atomic mass is 79.9. The lowest BCUT2D eigenvalue weighted by atomic mass is 10.1. The van der Waals surface area contributed by atoms with Crippen LogP contribution < -0.4 is 5.32 Å². The van der Waals surface area contributed by atoms with Gasteiger partial charge < -0.3 is 5.32 Å². The maximum Gasteiger partial charge on any atom is 0.261 e. The third-order valence-electron chi connectivity index (χ3n) is 4.41. The minimum absolute atomic E-state index is 0.164. The molecule has 1 aromatic heterocycles. The monoisotopic (exact) mass is 470 g/mol. The standard InChI is InChI=1S/C20H15BrN4O3S/c21-13-8-9-14-15(11-13)19(28)25(18(14)27)10-4-7-16(26)22-20-24-23-17(29-20)12-5-2-1-3-6-12/h1-3,5-6,8-9,11H,4,7,10H2,(H,22,24,26). The van der Waals surface area contributed by atoms with Gasteiger partial charge in [-0.3, -0.25) is 19.3 Å². The molecule has 3 aromatic rings. The first-order chi connectivity index (χ1) is 14.0. The third kappa shape index (κ3) is 4.10. The summed E-state index contributed by atoms with van der Waals surface area (Å²) >= 11 is 4.60. The molecule has 4 rings (SSSR count). The smallest absolute Gasteiger partial charge is 0.261 e. The predicted octanol–water partition coefficient (Wildman–Crippen LogP) is 3.98. The molecular formula is C20H15BrN4O3S. The SMILES string of the molecule is O=C(CCCN1C(=O)c2ccc(Br)cc2C1=O)Nc1nnc(-c2ccccc2)s1. The van der Waals surface area contributed by atoms with Crippen molar-refractivity contribution in [1.29, 1.82) is 0 Å². The number of hydrogen-bond donors (Lipinski definition) is 1. The Kier molecular flexibility index (Phi) is 5.50. The molecule has 0 fully saturated rings. The number of carbonyl (C=O) groups excluding carboxylic acids is 3. The summed E-state index contributed by atoms with van der Waals surface area (Å²) in [4.78, 5) is 38.2. The molecule has 29 heavy (non-hydrogen) atoms. The highest BCUT2D eigenvalue weighted by Gasteiger charge is 2.35. The number of benzene rings is 2. The van der Waals surface area contributed by atoms with Crippen molar-refractivity contribution in [2.24, 2.45) is 0 Å². The molecule has 2 aromatic carbocycles. The van der Waals surface area contributed by atoms with Crippen LogP contribution in [-0.4, -0.2) is 39.4 Å². The largest absolute Gasteiger partial charge is 0.301 e. The van der Waals surface area contributed by atoms with Gasteiger partial charge in [0.25, 0.3) is 11.8 Å². The second-order valence-corrected chi connectivity index (χ2v) is 8.28. The second kappa shape index (κ2) is 8.22. The van der Waals surface area contributed by atoms with Gasteiger partial charge in [0.05, 0.1) is 11.1 Å². The fourth-order valence-corrected chi connectivity index (χ4v) is 4.14. The van der Waals surface area contributed by atoms with Crippen LogP contribution in [0.15, 0.2) is 53.0 Å². The summed E-state index contributed by atoms with van der Waals surface area (Å²) in [6, 6.07) is 14.6. The maximum absolute atomic E-state index is 12.4. The molecule has 0 saturated heterocycles. The Balaban J connectivity index is 1.30. The molecule has 146 valence electrons. The van der Waals surface area contributed by atoms with Crippen LogP contribution in [0.1, 0.15) is 33.6 Å². The summed E-state index contributed by atoms with van der Waals surface area (Å²) in [5, 5.41) is 11.9. The topological polar surface area (TPSA) is 92.3 Å². The summed E-state index contributed by atoms with van der Waals surface area (Å²) < 4.78 is 0.741. The van der Waals surface area contributed by atoms with Gasteiger partial charge in [0.2, 0.25) is 11.0 Å². The van der Waals surface area contributed by atoms with Gasteiger partial charge in [0.15, 0.2) is 0 Å². The highest BCUT2D eigenvalue weighted by Crippen LogP contribution is 2.27. The number of rotatable bonds is 6. The lowest BCUT2D eigenvalue weighted by molar-refractivity contribution is -0.116. The minimum Gasteiger partial charge on any atom is -0.301 e. The van der Waals surface area contributed by atoms with E-state index in [2.05, 4.69) is 31.4 Å². The number of imide groups is 1. The van der Waals surface area contributed by atoms with Crippen molar-refractivity contribution in [3.63, 3.8) is 0 Å². The molecule has 0 unspecified atom stereocenters. The number of halogens is 1. The molecule has 0 spiro atoms. The van der Waals surface area contributed by atoms with Crippen molar-refractivity contribution in [2.45, 2.75) is 12.8 Å². The molecule has 9 heteroatoms. The highest BCUT2D eigenvalue weighted by molar-refractivity contribution is 9.10. The second-order valence-electron chi connectivity index (χ2n) is 6.38. The van der Waals surface area contributed by atoms with E-state index in [-0.39, 0.29) is 30.7 Å². The molecule has 1 aliphatic rings. The Morgan fingerprint density at radius 1 is 1.03 bits per heavy atom. The van der Waals surface area contributed by atoms with Crippen LogP contribution in [-0.2, 0) is 4.79 Å². The van der Waals surface area contributed by atoms with Crippen LogP contribution in [0.2, 0.25) is 0 Å². The van der Waals surface area contributed by atoms with Crippen molar-refractivity contribution in [3.8, 4) is 10.6 Å². The van der Waals surface area contributed by atoms with Gasteiger partial charge in [-0.25, -0.2) is 0 Å². The first-order valence-electron chi connectivity index (χ1n) is 8.87. The Morgan fingerprint density at radius 3 is 2.59 bits per heavy atom. The van der Waals surface area contributed by atoms with E-state index in [0.717, 1.165) is 15.0 Å². The van der Waals surface area contributed by atoms with Crippen LogP contribution in [0.4, 0.5) is 5.13 Å². The van der Waals surface area contributed by atoms with E-state index in [9.17, 15) is 14.4 Å². The normalized spacial score (nSPS) is 12.9. The number of aromatic nitrogens is 2. The summed E-state index contributed by atoms with van der Waals surface area (Å²) in [6.45, 7) is 0.183. The minimum atomic E-state index is -0.330. The summed E-state index contributed by atoms with van der Waals surface area (Å²) in [5.41, 5.74) is 1.71. The van der Waals surface area contributed by atoms with E-state index in [0.29, 0.717) is 22.7 Å². The number of fused-ring (bicyclic) bond motifs is 1. The average molecular weight is 471 g/mol. The molecule has 1 aliphatic heterocycles. The van der Waals surface area contributed by atoms with Gasteiger partial charge in [-0.2, -0.15) is 0 Å². The lowest BCUT2D eigenvalue weighted by Crippen LogP contribution is -2.31. The van der Waals surface area contributed by atoms with Crippen molar-refractivity contribution < 1.29 is 14.4 Å². The third-order valence-corrected chi connectivity index (χ3v) is 5.79. The van der Waals surface area contributed by atoms with Crippen molar-refractivity contribution in [3.05, 3.63) is 64.1 Å². The molecule has 0 radical (unpaired) electrons. The number of nitrogens with zero attached hydrogens (tertiary/aromatic N) is 3. The van der Waals surface area contributed by atoms with Crippen LogP contribution >= 0.6 is 27.3 Å². The van der Waals surface area contributed by atoms with E-state index >= 15 is 0 Å². The Labute approximate surface area is 178 Å². The number of amides is 3. The fraction of sp³-hybridized carbons (Fsp3) is 0.150. The van der Waals surface area contributed by atoms with E-state index in [1.165, 1.54) is 16.2 Å². The number of carbonyl (C=O) groups is 3. The Morgan fingerprint density at radius 2 is 1.79 bits per heavy atom. The molecule has 2 heterocycles. The number of anilines is 1. The molecule has 0 saturated carbocycles. The molecule has 1 N–H and O–H groups in total. The average Bonchev–Trinajstić information content (AvgIpc) is 3.27. The zero-order valence-corrected chi connectivity index (χ0v) is 17.5. The van der Waals surface area contributed by atoms with E-state index < -0.39 is 0 Å². The van der Waals surface area contributed by atoms with Gasteiger partial charge >= 0.3 is 0 Å². The van der Waals surface area contributed by atoms with Crippen LogP contribution in [0.25, 0.3) is 10.6 Å². The quantitative estimate of drug-likeness (QED) is 0.549. The van der Waals surface area contributed by atoms with Crippen molar-refractivity contribution >= 4 is 50.1 Å². The first kappa shape index (κ1) is 19.4. The van der Waals surface area contributed by atoms with Crippen molar-refractivity contribution in [2.75, 3.05) is 11.9 Å². The maximum atomic E-state index is 12.4. The predicted molar refractivity (Wildman–Crippen MR) is 113 cm³/mol. The van der Waals surface area contributed by atoms with Crippen LogP contribution in [0.5, 0.6) is 0 Å². The molecule has 0 aliphatic carbocycles. The van der Waals surface area contributed by atoms with E-state index in [1.807, 2.05) is 30.3 Å². The molecule has 0 atom stereocenters. The summed E-state index contributed by atoms with van der Waals surface area (Å²) in [6.07, 6.45) is 0.528. The van der Waals surface area contributed by atoms with Gasteiger partial charge in [-0.15, -0.1) is 10.2 Å². The molecule has 3 amide bonds. The number of nitrogens with one attached hydrogen (secondary N) is 1. The Hall–Kier alpha value is -2.91. The Bertz CT molecular complexity index is 1100. The van der Waals surface area contributed by atoms with Gasteiger partial charge in [0.1, 0.15) is 5.01 Å². The zero-order chi connectivity index (χ0) is 20.4. The lowest BCUT2D eigenvalue weighted by Gasteiger charge is -2.13. The first-order valence-corrected chi connectivity index (χ1v) is 10.5. The molecule has 0 bridgehead atoms. The van der Waals surface area contributed by atoms with Gasteiger partial charge in [-0.1, -0.05) is 57.6 Å². The summed E-state index contributed by atoms with van der Waals surface area (Å²) in [7, 11) is 0. The van der Waals surface area contributed by atoms with E-state index in [1.54, 1.807) is 18.2 Å². The van der Waals surface area contributed by atoms with Crippen LogP contribution in [0.3, 0.4) is 0 Å². The summed E-state index contributed by atoms with van der Waals surface area (Å²) in [5.74, 6) is -0.891. The molecule has 7 nitrogen and oxygen atoms in total. The zero-order valence-electron chi connectivity index (χ0n) is 15.1. The molecular weight excluding hydrogens is 456 g/mol. The van der Waals surface area contributed by atoms with E-state index in [4.69, 9.17) is 0 Å².